The molecule has 0 unspecified atom stereocenters. The number of nitrogens with one attached hydrogen (secondary N) is 2. The number of H-pyrrole nitrogens is 2. The topological polar surface area (TPSA) is 57.4 Å². The summed E-state index contributed by atoms with van der Waals surface area (Å²) < 4.78 is 0. The van der Waals surface area contributed by atoms with Gasteiger partial charge in [0.1, 0.15) is 0 Å². The molecule has 0 spiro atoms. The molecule has 0 atom stereocenters. The Bertz CT molecular complexity index is 2720. The van der Waals surface area contributed by atoms with Crippen LogP contribution in [0.15, 0.2) is 121 Å². The molecule has 2 aliphatic heterocycles. The van der Waals surface area contributed by atoms with Crippen LogP contribution in [0.4, 0.5) is 0 Å². The van der Waals surface area contributed by atoms with Gasteiger partial charge in [0.15, 0.2) is 0 Å². The molecule has 0 radical (unpaired) electrons. The minimum atomic E-state index is 0.923. The predicted octanol–water partition coefficient (Wildman–Crippen LogP) is 10.4. The first-order valence-electron chi connectivity index (χ1n) is 14.9. The third-order valence-electron chi connectivity index (χ3n) is 8.99. The second kappa shape index (κ2) is 8.76. The lowest BCUT2D eigenvalue weighted by molar-refractivity contribution is 1.32. The molecule has 10 rings (SSSR count). The lowest BCUT2D eigenvalue weighted by Crippen LogP contribution is -1.85. The van der Waals surface area contributed by atoms with Crippen molar-refractivity contribution in [1.82, 2.24) is 19.9 Å². The average Bonchev–Trinajstić information content (AvgIpc) is 3.85. The zero-order valence-corrected chi connectivity index (χ0v) is 23.6. The van der Waals surface area contributed by atoms with E-state index in [1.807, 2.05) is 12.2 Å². The highest BCUT2D eigenvalue weighted by atomic mass is 14.8. The number of rotatable bonds is 0. The van der Waals surface area contributed by atoms with Gasteiger partial charge in [-0.15, -0.1) is 0 Å². The van der Waals surface area contributed by atoms with Crippen molar-refractivity contribution >= 4 is 77.3 Å². The van der Waals surface area contributed by atoms with Crippen molar-refractivity contribution in [3.05, 3.63) is 133 Å². The van der Waals surface area contributed by atoms with E-state index < -0.39 is 0 Å². The number of aromatic nitrogens is 4. The summed E-state index contributed by atoms with van der Waals surface area (Å²) in [7, 11) is 0. The van der Waals surface area contributed by atoms with Gasteiger partial charge >= 0.3 is 0 Å². The van der Waals surface area contributed by atoms with Crippen LogP contribution in [-0.2, 0) is 0 Å². The molecule has 0 amide bonds. The van der Waals surface area contributed by atoms with Gasteiger partial charge in [-0.1, -0.05) is 60.7 Å². The van der Waals surface area contributed by atoms with Gasteiger partial charge in [0.05, 0.1) is 22.8 Å². The molecule has 4 nitrogen and oxygen atoms in total. The van der Waals surface area contributed by atoms with Crippen LogP contribution in [0.2, 0.25) is 0 Å². The minimum absolute atomic E-state index is 0.923. The van der Waals surface area contributed by atoms with E-state index in [-0.39, 0.29) is 0 Å². The monoisotopic (exact) mass is 560 g/mol. The van der Waals surface area contributed by atoms with E-state index in [1.165, 1.54) is 43.1 Å². The fourth-order valence-electron chi connectivity index (χ4n) is 6.96. The Labute approximate surface area is 252 Å². The van der Waals surface area contributed by atoms with Crippen LogP contribution >= 0.6 is 0 Å². The molecule has 5 aromatic carbocycles. The number of aromatic amines is 2. The molecule has 0 saturated carbocycles. The number of hydrogen-bond acceptors (Lipinski definition) is 2. The van der Waals surface area contributed by atoms with E-state index in [0.717, 1.165) is 56.0 Å². The largest absolute Gasteiger partial charge is 0.355 e. The van der Waals surface area contributed by atoms with Crippen LogP contribution in [0.5, 0.6) is 0 Å². The van der Waals surface area contributed by atoms with Crippen molar-refractivity contribution < 1.29 is 0 Å². The van der Waals surface area contributed by atoms with Crippen LogP contribution in [0.3, 0.4) is 0 Å². The molecule has 0 saturated heterocycles. The lowest BCUT2D eigenvalue weighted by atomic mass is 9.91. The number of fused-ring (bicyclic) bond motifs is 18. The molecular formula is C40H24N4. The van der Waals surface area contributed by atoms with Crippen molar-refractivity contribution in [2.24, 2.45) is 0 Å². The van der Waals surface area contributed by atoms with Crippen molar-refractivity contribution in [3.8, 4) is 22.5 Å². The summed E-state index contributed by atoms with van der Waals surface area (Å²) in [5, 5.41) is 10.0. The molecule has 2 aliphatic rings. The summed E-state index contributed by atoms with van der Waals surface area (Å²) in [6.07, 6.45) is 4.09. The van der Waals surface area contributed by atoms with Crippen LogP contribution < -0.4 is 0 Å². The van der Waals surface area contributed by atoms with E-state index in [9.17, 15) is 0 Å². The van der Waals surface area contributed by atoms with E-state index in [1.54, 1.807) is 0 Å². The fraction of sp³-hybridized carbons (Fsp3) is 0. The second-order valence-electron chi connectivity index (χ2n) is 11.7. The smallest absolute Gasteiger partial charge is 0.0743 e. The Hall–Kier alpha value is -6.00. The fourth-order valence-corrected chi connectivity index (χ4v) is 6.96. The normalized spacial score (nSPS) is 12.5. The molecule has 8 aromatic rings. The maximum absolute atomic E-state index is 5.25. The van der Waals surface area contributed by atoms with Crippen molar-refractivity contribution in [2.75, 3.05) is 0 Å². The van der Waals surface area contributed by atoms with E-state index >= 15 is 0 Å². The number of benzene rings is 5. The molecule has 0 aliphatic carbocycles. The Morgan fingerprint density at radius 2 is 1.00 bits per heavy atom. The molecule has 8 bridgehead atoms. The maximum atomic E-state index is 5.25. The van der Waals surface area contributed by atoms with Gasteiger partial charge in [0, 0.05) is 33.2 Å². The molecule has 204 valence electrons. The molecule has 3 aromatic heterocycles. The highest BCUT2D eigenvalue weighted by Gasteiger charge is 2.20. The first kappa shape index (κ1) is 23.6. The molecule has 44 heavy (non-hydrogen) atoms. The van der Waals surface area contributed by atoms with E-state index in [4.69, 9.17) is 9.97 Å². The highest BCUT2D eigenvalue weighted by molar-refractivity contribution is 6.21. The Morgan fingerprint density at radius 1 is 0.386 bits per heavy atom. The molecular weight excluding hydrogens is 536 g/mol. The molecule has 2 N–H and O–H groups in total. The Balaban J connectivity index is 1.30. The summed E-state index contributed by atoms with van der Waals surface area (Å²) in [6.45, 7) is 0. The van der Waals surface area contributed by atoms with Crippen molar-refractivity contribution in [1.29, 1.82) is 0 Å². The SMILES string of the molecule is C1=Cc2cc3ccc(cc4nc(cc5ccc(cc1n2)[nH]5)-c1ccc2cc5ccc6c7ccccc7ccc6c5cc2c1-4)[nH]3. The Morgan fingerprint density at radius 3 is 1.77 bits per heavy atom. The quantitative estimate of drug-likeness (QED) is 0.143. The van der Waals surface area contributed by atoms with Crippen LogP contribution in [0, 0.1) is 0 Å². The standard InChI is InChI=1S/C40H24N4/c1-2-4-32-23(3-1)5-14-34-33(32)15-6-24-17-25-7-16-35-38-20-30-12-10-28(42-30)18-26-8-9-27(41-26)19-29-11-13-31(43-29)21-39(44-38)40(35)37(25)22-36(24)34/h1-22,42-43H. The lowest BCUT2D eigenvalue weighted by Gasteiger charge is -2.11. The summed E-state index contributed by atoms with van der Waals surface area (Å²) in [5.41, 5.74) is 10.1. The van der Waals surface area contributed by atoms with E-state index in [2.05, 4.69) is 131 Å². The van der Waals surface area contributed by atoms with Gasteiger partial charge in [0.25, 0.3) is 0 Å². The summed E-state index contributed by atoms with van der Waals surface area (Å²) in [4.78, 5) is 17.1. The second-order valence-corrected chi connectivity index (χ2v) is 11.7. The van der Waals surface area contributed by atoms with Gasteiger partial charge in [-0.05, 0) is 116 Å². The van der Waals surface area contributed by atoms with Gasteiger partial charge in [-0.2, -0.15) is 0 Å². The van der Waals surface area contributed by atoms with Crippen LogP contribution in [0.25, 0.3) is 99.8 Å². The average molecular weight is 561 g/mol. The number of nitrogens with zero attached hydrogens (tertiary/aromatic N) is 2. The highest BCUT2D eigenvalue weighted by Crippen LogP contribution is 2.43. The predicted molar refractivity (Wildman–Crippen MR) is 184 cm³/mol. The van der Waals surface area contributed by atoms with Gasteiger partial charge in [-0.25, -0.2) is 9.97 Å². The summed E-state index contributed by atoms with van der Waals surface area (Å²) in [5.74, 6) is 0. The van der Waals surface area contributed by atoms with Gasteiger partial charge in [-0.3, -0.25) is 0 Å². The molecule has 0 fully saturated rings. The third kappa shape index (κ3) is 3.58. The maximum Gasteiger partial charge on any atom is 0.0743 e. The van der Waals surface area contributed by atoms with Crippen molar-refractivity contribution in [3.63, 3.8) is 0 Å². The van der Waals surface area contributed by atoms with Crippen molar-refractivity contribution in [2.45, 2.75) is 0 Å². The first-order valence-corrected chi connectivity index (χ1v) is 14.9. The Kier molecular flexibility index (Phi) is 4.69. The number of hydrogen-bond donors (Lipinski definition) is 2. The summed E-state index contributed by atoms with van der Waals surface area (Å²) >= 11 is 0. The molecule has 5 heterocycles. The van der Waals surface area contributed by atoms with E-state index in [0.29, 0.717) is 0 Å². The summed E-state index contributed by atoms with van der Waals surface area (Å²) in [6, 6.07) is 43.7. The van der Waals surface area contributed by atoms with Crippen LogP contribution in [0.1, 0.15) is 11.4 Å². The van der Waals surface area contributed by atoms with Gasteiger partial charge in [0.2, 0.25) is 0 Å². The molecule has 4 heteroatoms. The zero-order chi connectivity index (χ0) is 28.8. The third-order valence-corrected chi connectivity index (χ3v) is 8.99. The van der Waals surface area contributed by atoms with Gasteiger partial charge < -0.3 is 9.97 Å². The minimum Gasteiger partial charge on any atom is -0.355 e. The first-order chi connectivity index (χ1) is 21.7. The zero-order valence-electron chi connectivity index (χ0n) is 23.6. The van der Waals surface area contributed by atoms with Crippen LogP contribution in [-0.4, -0.2) is 19.9 Å².